The minimum Gasteiger partial charge on any atom is -0.304 e. The van der Waals surface area contributed by atoms with Crippen molar-refractivity contribution in [3.63, 3.8) is 0 Å². The fourth-order valence-electron chi connectivity index (χ4n) is 2.89. The second kappa shape index (κ2) is 6.02. The zero-order valence-corrected chi connectivity index (χ0v) is 12.9. The molecule has 0 radical (unpaired) electrons. The van der Waals surface area contributed by atoms with Crippen molar-refractivity contribution in [3.8, 4) is 11.3 Å². The standard InChI is InChI=1S/C20H19NO/c1-15-11-16(2)13-17(12-15)14-21-19(9-6-10-20(21)22)18-7-4-3-5-8-18/h3-13H,14H2,1-2H3. The largest absolute Gasteiger partial charge is 0.304 e. The number of rotatable bonds is 3. The van der Waals surface area contributed by atoms with Crippen LogP contribution in [0.15, 0.2) is 71.5 Å². The first-order valence-corrected chi connectivity index (χ1v) is 7.46. The van der Waals surface area contributed by atoms with E-state index in [1.54, 1.807) is 6.07 Å². The molecule has 0 aliphatic carbocycles. The maximum Gasteiger partial charge on any atom is 0.251 e. The van der Waals surface area contributed by atoms with Gasteiger partial charge in [-0.25, -0.2) is 0 Å². The van der Waals surface area contributed by atoms with Gasteiger partial charge in [-0.05, 0) is 31.0 Å². The molecule has 3 aromatic rings. The van der Waals surface area contributed by atoms with Crippen molar-refractivity contribution >= 4 is 0 Å². The molecule has 2 heteroatoms. The minimum atomic E-state index is 0.0283. The molecule has 1 heterocycles. The van der Waals surface area contributed by atoms with Gasteiger partial charge in [0.1, 0.15) is 0 Å². The molecule has 0 spiro atoms. The van der Waals surface area contributed by atoms with Gasteiger partial charge in [-0.2, -0.15) is 0 Å². The van der Waals surface area contributed by atoms with Gasteiger partial charge in [0.05, 0.1) is 12.2 Å². The Hall–Kier alpha value is -2.61. The Bertz CT molecular complexity index is 827. The molecule has 1 aromatic heterocycles. The van der Waals surface area contributed by atoms with Gasteiger partial charge in [0.25, 0.3) is 5.56 Å². The number of nitrogens with zero attached hydrogens (tertiary/aromatic N) is 1. The van der Waals surface area contributed by atoms with Gasteiger partial charge >= 0.3 is 0 Å². The lowest BCUT2D eigenvalue weighted by Gasteiger charge is -2.14. The fraction of sp³-hybridized carbons (Fsp3) is 0.150. The second-order valence-corrected chi connectivity index (χ2v) is 5.70. The van der Waals surface area contributed by atoms with Crippen LogP contribution < -0.4 is 5.56 Å². The smallest absolute Gasteiger partial charge is 0.251 e. The zero-order chi connectivity index (χ0) is 15.5. The van der Waals surface area contributed by atoms with Crippen molar-refractivity contribution in [1.29, 1.82) is 0 Å². The molecule has 0 fully saturated rings. The summed E-state index contributed by atoms with van der Waals surface area (Å²) in [6, 6.07) is 21.9. The van der Waals surface area contributed by atoms with Crippen LogP contribution in [0.1, 0.15) is 16.7 Å². The number of hydrogen-bond acceptors (Lipinski definition) is 1. The summed E-state index contributed by atoms with van der Waals surface area (Å²) in [5.74, 6) is 0. The Labute approximate surface area is 130 Å². The van der Waals surface area contributed by atoms with Crippen molar-refractivity contribution in [2.45, 2.75) is 20.4 Å². The quantitative estimate of drug-likeness (QED) is 0.709. The van der Waals surface area contributed by atoms with E-state index in [0.717, 1.165) is 16.8 Å². The number of aryl methyl sites for hydroxylation is 2. The first-order chi connectivity index (χ1) is 10.6. The Morgan fingerprint density at radius 3 is 2.18 bits per heavy atom. The molecule has 2 nitrogen and oxygen atoms in total. The average Bonchev–Trinajstić information content (AvgIpc) is 2.49. The van der Waals surface area contributed by atoms with Gasteiger partial charge in [-0.3, -0.25) is 4.79 Å². The van der Waals surface area contributed by atoms with Crippen molar-refractivity contribution in [2.24, 2.45) is 0 Å². The van der Waals surface area contributed by atoms with Crippen LogP contribution in [-0.4, -0.2) is 4.57 Å². The third-order valence-corrected chi connectivity index (χ3v) is 3.74. The topological polar surface area (TPSA) is 22.0 Å². The highest BCUT2D eigenvalue weighted by molar-refractivity contribution is 5.59. The Morgan fingerprint density at radius 2 is 1.50 bits per heavy atom. The summed E-state index contributed by atoms with van der Waals surface area (Å²) in [6.07, 6.45) is 0. The Morgan fingerprint density at radius 1 is 0.818 bits per heavy atom. The molecule has 0 saturated heterocycles. The maximum atomic E-state index is 12.4. The van der Waals surface area contributed by atoms with E-state index in [0.29, 0.717) is 6.54 Å². The normalized spacial score (nSPS) is 10.6. The summed E-state index contributed by atoms with van der Waals surface area (Å²) < 4.78 is 1.84. The van der Waals surface area contributed by atoms with Crippen LogP contribution in [0.3, 0.4) is 0 Å². The van der Waals surface area contributed by atoms with Crippen molar-refractivity contribution in [1.82, 2.24) is 4.57 Å². The van der Waals surface area contributed by atoms with E-state index in [1.807, 2.05) is 47.0 Å². The number of pyridine rings is 1. The van der Waals surface area contributed by atoms with Gasteiger partial charge < -0.3 is 4.57 Å². The predicted molar refractivity (Wildman–Crippen MR) is 91.2 cm³/mol. The molecule has 0 amide bonds. The minimum absolute atomic E-state index is 0.0283. The highest BCUT2D eigenvalue weighted by atomic mass is 16.1. The molecular formula is C20H19NO. The molecule has 110 valence electrons. The van der Waals surface area contributed by atoms with E-state index in [-0.39, 0.29) is 5.56 Å². The van der Waals surface area contributed by atoms with E-state index in [4.69, 9.17) is 0 Å². The van der Waals surface area contributed by atoms with Gasteiger partial charge in [-0.1, -0.05) is 65.7 Å². The number of aromatic nitrogens is 1. The van der Waals surface area contributed by atoms with E-state index in [2.05, 4.69) is 32.0 Å². The van der Waals surface area contributed by atoms with Crippen LogP contribution >= 0.6 is 0 Å². The van der Waals surface area contributed by atoms with Crippen LogP contribution in [0, 0.1) is 13.8 Å². The lowest BCUT2D eigenvalue weighted by Crippen LogP contribution is -2.21. The summed E-state index contributed by atoms with van der Waals surface area (Å²) in [4.78, 5) is 12.4. The summed E-state index contributed by atoms with van der Waals surface area (Å²) in [5, 5.41) is 0. The van der Waals surface area contributed by atoms with E-state index >= 15 is 0 Å². The van der Waals surface area contributed by atoms with Crippen LogP contribution in [0.4, 0.5) is 0 Å². The van der Waals surface area contributed by atoms with Crippen LogP contribution in [-0.2, 0) is 6.54 Å². The molecule has 0 unspecified atom stereocenters. The first-order valence-electron chi connectivity index (χ1n) is 7.46. The third-order valence-electron chi connectivity index (χ3n) is 3.74. The predicted octanol–water partition coefficient (Wildman–Crippen LogP) is 4.18. The molecule has 0 bridgehead atoms. The third kappa shape index (κ3) is 3.01. The van der Waals surface area contributed by atoms with E-state index in [1.165, 1.54) is 11.1 Å². The molecule has 3 rings (SSSR count). The van der Waals surface area contributed by atoms with E-state index < -0.39 is 0 Å². The van der Waals surface area contributed by atoms with Gasteiger partial charge in [0, 0.05) is 6.07 Å². The summed E-state index contributed by atoms with van der Waals surface area (Å²) in [5.41, 5.74) is 5.64. The zero-order valence-electron chi connectivity index (χ0n) is 12.9. The Kier molecular flexibility index (Phi) is 3.92. The number of benzene rings is 2. The fourth-order valence-corrected chi connectivity index (χ4v) is 2.89. The first kappa shape index (κ1) is 14.3. The van der Waals surface area contributed by atoms with Crippen LogP contribution in [0.25, 0.3) is 11.3 Å². The van der Waals surface area contributed by atoms with Crippen LogP contribution in [0.2, 0.25) is 0 Å². The van der Waals surface area contributed by atoms with Gasteiger partial charge in [0.2, 0.25) is 0 Å². The molecule has 0 aliphatic heterocycles. The molecule has 2 aromatic carbocycles. The van der Waals surface area contributed by atoms with Crippen molar-refractivity contribution in [3.05, 3.63) is 93.8 Å². The highest BCUT2D eigenvalue weighted by Crippen LogP contribution is 2.19. The second-order valence-electron chi connectivity index (χ2n) is 5.70. The summed E-state index contributed by atoms with van der Waals surface area (Å²) in [7, 11) is 0. The highest BCUT2D eigenvalue weighted by Gasteiger charge is 2.07. The molecule has 0 saturated carbocycles. The molecule has 22 heavy (non-hydrogen) atoms. The molecular weight excluding hydrogens is 270 g/mol. The van der Waals surface area contributed by atoms with Crippen LogP contribution in [0.5, 0.6) is 0 Å². The van der Waals surface area contributed by atoms with Crippen molar-refractivity contribution in [2.75, 3.05) is 0 Å². The van der Waals surface area contributed by atoms with Gasteiger partial charge in [0.15, 0.2) is 0 Å². The Balaban J connectivity index is 2.09. The molecule has 0 atom stereocenters. The molecule has 0 aliphatic rings. The summed E-state index contributed by atoms with van der Waals surface area (Å²) >= 11 is 0. The lowest BCUT2D eigenvalue weighted by molar-refractivity contribution is 0.767. The number of hydrogen-bond donors (Lipinski definition) is 0. The lowest BCUT2D eigenvalue weighted by atomic mass is 10.1. The van der Waals surface area contributed by atoms with E-state index in [9.17, 15) is 4.79 Å². The average molecular weight is 289 g/mol. The summed E-state index contributed by atoms with van der Waals surface area (Å²) in [6.45, 7) is 4.76. The molecule has 0 N–H and O–H groups in total. The SMILES string of the molecule is Cc1cc(C)cc(Cn2c(-c3ccccc3)cccc2=O)c1. The van der Waals surface area contributed by atoms with Gasteiger partial charge in [-0.15, -0.1) is 0 Å². The monoisotopic (exact) mass is 289 g/mol. The van der Waals surface area contributed by atoms with Crippen molar-refractivity contribution < 1.29 is 0 Å². The maximum absolute atomic E-state index is 12.4.